The number of thioether (sulfide) groups is 1. The predicted molar refractivity (Wildman–Crippen MR) is 138 cm³/mol. The first kappa shape index (κ1) is 23.0. The molecule has 1 amide bonds. The molecule has 5 rings (SSSR count). The molecule has 178 valence electrons. The van der Waals surface area contributed by atoms with Crippen molar-refractivity contribution >= 4 is 28.6 Å². The summed E-state index contributed by atoms with van der Waals surface area (Å²) in [6, 6.07) is 13.8. The van der Waals surface area contributed by atoms with Crippen molar-refractivity contribution in [2.45, 2.75) is 58.0 Å². The molecule has 2 atom stereocenters. The number of benzene rings is 2. The molecular weight excluding hydrogens is 445 g/mol. The van der Waals surface area contributed by atoms with Crippen LogP contribution in [0, 0.1) is 11.7 Å². The molecule has 1 aliphatic heterocycles. The van der Waals surface area contributed by atoms with E-state index in [0.717, 1.165) is 24.8 Å². The number of nitrogens with zero attached hydrogens (tertiary/aromatic N) is 2. The van der Waals surface area contributed by atoms with Crippen molar-refractivity contribution in [1.29, 1.82) is 0 Å². The van der Waals surface area contributed by atoms with Crippen LogP contribution < -0.4 is 5.32 Å². The number of nitrogens with one attached hydrogen (secondary N) is 1. The molecule has 0 bridgehead atoms. The maximum Gasteiger partial charge on any atom is 0.222 e. The molecule has 34 heavy (non-hydrogen) atoms. The highest BCUT2D eigenvalue weighted by atomic mass is 32.2. The normalized spacial score (nSPS) is 20.1. The Morgan fingerprint density at radius 3 is 2.76 bits per heavy atom. The highest BCUT2D eigenvalue weighted by Crippen LogP contribution is 2.43. The summed E-state index contributed by atoms with van der Waals surface area (Å²) in [6.45, 7) is 6.66. The number of aromatic nitrogens is 1. The zero-order valence-electron chi connectivity index (χ0n) is 20.3. The Hall–Kier alpha value is -2.73. The number of hydrogen-bond acceptors (Lipinski definition) is 3. The van der Waals surface area contributed by atoms with Gasteiger partial charge in [0.2, 0.25) is 5.91 Å². The van der Waals surface area contributed by atoms with Crippen molar-refractivity contribution in [3.63, 3.8) is 0 Å². The van der Waals surface area contributed by atoms with Crippen molar-refractivity contribution in [3.8, 4) is 0 Å². The van der Waals surface area contributed by atoms with Crippen LogP contribution in [0.1, 0.15) is 55.0 Å². The van der Waals surface area contributed by atoms with E-state index in [0.29, 0.717) is 6.54 Å². The summed E-state index contributed by atoms with van der Waals surface area (Å²) in [6.07, 6.45) is 2.65. The van der Waals surface area contributed by atoms with E-state index >= 15 is 0 Å². The molecule has 0 spiro atoms. The maximum atomic E-state index is 13.9. The van der Waals surface area contributed by atoms with E-state index in [9.17, 15) is 9.18 Å². The van der Waals surface area contributed by atoms with Gasteiger partial charge in [0.15, 0.2) is 0 Å². The molecule has 1 aliphatic carbocycles. The van der Waals surface area contributed by atoms with Gasteiger partial charge in [-0.2, -0.15) is 0 Å². The first-order valence-corrected chi connectivity index (χ1v) is 13.0. The molecule has 2 aromatic carbocycles. The summed E-state index contributed by atoms with van der Waals surface area (Å²) in [5.41, 5.74) is 7.34. The van der Waals surface area contributed by atoms with Gasteiger partial charge in [-0.25, -0.2) is 4.39 Å². The molecule has 1 N–H and O–H groups in total. The van der Waals surface area contributed by atoms with Gasteiger partial charge in [-0.15, -0.1) is 11.8 Å². The van der Waals surface area contributed by atoms with Gasteiger partial charge in [-0.05, 0) is 72.6 Å². The number of hydrogen-bond donors (Lipinski definition) is 1. The lowest BCUT2D eigenvalue weighted by molar-refractivity contribution is -0.124. The van der Waals surface area contributed by atoms with Crippen molar-refractivity contribution in [2.24, 2.45) is 5.92 Å². The third-order valence-corrected chi connectivity index (χ3v) is 8.48. The van der Waals surface area contributed by atoms with Gasteiger partial charge in [0.25, 0.3) is 0 Å². The minimum atomic E-state index is -0.203. The van der Waals surface area contributed by atoms with E-state index < -0.39 is 0 Å². The fourth-order valence-electron chi connectivity index (χ4n) is 5.14. The number of carbonyl (C=O) groups is 1. The first-order chi connectivity index (χ1) is 16.3. The summed E-state index contributed by atoms with van der Waals surface area (Å²) in [4.78, 5) is 14.7. The molecule has 6 heteroatoms. The Bertz CT molecular complexity index is 1280. The van der Waals surface area contributed by atoms with E-state index in [1.54, 1.807) is 12.1 Å². The maximum absolute atomic E-state index is 13.9. The predicted octanol–water partition coefficient (Wildman–Crippen LogP) is 6.00. The van der Waals surface area contributed by atoms with Gasteiger partial charge >= 0.3 is 0 Å². The van der Waals surface area contributed by atoms with Gasteiger partial charge in [0, 0.05) is 47.8 Å². The van der Waals surface area contributed by atoms with Gasteiger partial charge in [0.05, 0.1) is 0 Å². The number of allylic oxidation sites excluding steroid dienone is 1. The van der Waals surface area contributed by atoms with Crippen LogP contribution in [0.25, 0.3) is 10.9 Å². The van der Waals surface area contributed by atoms with E-state index in [1.807, 2.05) is 31.7 Å². The number of carbonyl (C=O) groups excluding carboxylic acids is 1. The molecule has 4 nitrogen and oxygen atoms in total. The average Bonchev–Trinajstić information content (AvgIpc) is 3.30. The molecule has 0 fully saturated rings. The minimum Gasteiger partial charge on any atom is -0.361 e. The lowest BCUT2D eigenvalue weighted by Gasteiger charge is -2.26. The van der Waals surface area contributed by atoms with Crippen LogP contribution in [-0.4, -0.2) is 28.5 Å². The lowest BCUT2D eigenvalue weighted by atomic mass is 9.90. The van der Waals surface area contributed by atoms with Crippen molar-refractivity contribution in [3.05, 3.63) is 81.8 Å². The molecule has 3 aromatic rings. The Morgan fingerprint density at radius 1 is 1.24 bits per heavy atom. The van der Waals surface area contributed by atoms with Crippen LogP contribution >= 0.6 is 11.8 Å². The SMILES string of the molecule is CC1=CSC(c2ccc3c(c2)c2c(n3Cc3cccc(F)c3)CC[C@@H](NC(=O)C(C)C)C2)N1C. The fraction of sp³-hybridized carbons (Fsp3) is 0.393. The second-order valence-electron chi connectivity index (χ2n) is 9.88. The third kappa shape index (κ3) is 4.24. The summed E-state index contributed by atoms with van der Waals surface area (Å²) < 4.78 is 16.3. The Morgan fingerprint density at radius 2 is 2.06 bits per heavy atom. The highest BCUT2D eigenvalue weighted by Gasteiger charge is 2.29. The van der Waals surface area contributed by atoms with Gasteiger partial charge in [-0.3, -0.25) is 4.79 Å². The third-order valence-electron chi connectivity index (χ3n) is 7.15. The second kappa shape index (κ2) is 9.14. The van der Waals surface area contributed by atoms with Crippen molar-refractivity contribution < 1.29 is 9.18 Å². The van der Waals surface area contributed by atoms with E-state index in [-0.39, 0.29) is 29.1 Å². The van der Waals surface area contributed by atoms with Crippen LogP contribution in [0.5, 0.6) is 0 Å². The quantitative estimate of drug-likeness (QED) is 0.490. The fourth-order valence-corrected chi connectivity index (χ4v) is 6.28. The molecular formula is C28H32FN3OS. The van der Waals surface area contributed by atoms with Crippen LogP contribution in [0.4, 0.5) is 4.39 Å². The number of halogens is 1. The summed E-state index contributed by atoms with van der Waals surface area (Å²) in [5, 5.41) is 7.00. The minimum absolute atomic E-state index is 0.0204. The molecule has 0 saturated carbocycles. The van der Waals surface area contributed by atoms with Gasteiger partial charge in [-0.1, -0.05) is 32.0 Å². The number of rotatable bonds is 5. The zero-order valence-corrected chi connectivity index (χ0v) is 21.1. The molecule has 2 heterocycles. The van der Waals surface area contributed by atoms with E-state index in [4.69, 9.17) is 0 Å². The smallest absolute Gasteiger partial charge is 0.222 e. The average molecular weight is 478 g/mol. The van der Waals surface area contributed by atoms with E-state index in [1.165, 1.54) is 39.5 Å². The molecule has 1 aromatic heterocycles. The molecule has 2 aliphatic rings. The lowest BCUT2D eigenvalue weighted by Crippen LogP contribution is -2.41. The molecule has 0 saturated heterocycles. The van der Waals surface area contributed by atoms with E-state index in [2.05, 4.69) is 52.4 Å². The van der Waals surface area contributed by atoms with Crippen LogP contribution in [0.2, 0.25) is 0 Å². The van der Waals surface area contributed by atoms with Crippen molar-refractivity contribution in [1.82, 2.24) is 14.8 Å². The summed E-state index contributed by atoms with van der Waals surface area (Å²) >= 11 is 1.84. The highest BCUT2D eigenvalue weighted by molar-refractivity contribution is 8.02. The topological polar surface area (TPSA) is 37.3 Å². The van der Waals surface area contributed by atoms with Crippen LogP contribution in [0.3, 0.4) is 0 Å². The Kier molecular flexibility index (Phi) is 6.19. The van der Waals surface area contributed by atoms with Gasteiger partial charge in [0.1, 0.15) is 11.2 Å². The van der Waals surface area contributed by atoms with Crippen LogP contribution in [-0.2, 0) is 24.2 Å². The monoisotopic (exact) mass is 477 g/mol. The second-order valence-corrected chi connectivity index (χ2v) is 10.8. The Labute approximate surface area is 205 Å². The summed E-state index contributed by atoms with van der Waals surface area (Å²) in [7, 11) is 2.14. The molecule has 0 radical (unpaired) electrons. The molecule has 1 unspecified atom stereocenters. The number of amides is 1. The largest absolute Gasteiger partial charge is 0.361 e. The van der Waals surface area contributed by atoms with Crippen molar-refractivity contribution in [2.75, 3.05) is 7.05 Å². The first-order valence-electron chi connectivity index (χ1n) is 12.1. The standard InChI is InChI=1S/C28H32FN3OS/c1-17(2)27(33)30-22-9-11-26-24(14-22)23-13-20(28-31(4)18(3)16-34-28)8-10-25(23)32(26)15-19-6-5-7-21(29)12-19/h5-8,10,12-13,16-17,22,28H,9,11,14-15H2,1-4H3,(H,30,33)/t22-,28?/m1/s1. The summed E-state index contributed by atoms with van der Waals surface area (Å²) in [5.74, 6) is -0.109. The van der Waals surface area contributed by atoms with Gasteiger partial charge < -0.3 is 14.8 Å². The number of fused-ring (bicyclic) bond motifs is 3. The Balaban J connectivity index is 1.56. The van der Waals surface area contributed by atoms with Crippen LogP contribution in [0.15, 0.2) is 53.6 Å². The zero-order chi connectivity index (χ0) is 24.0.